The number of hydrogen-bond donors (Lipinski definition) is 0. The lowest BCUT2D eigenvalue weighted by molar-refractivity contribution is -0.140. The van der Waals surface area contributed by atoms with Crippen molar-refractivity contribution in [3.63, 3.8) is 0 Å². The molecule has 1 heterocycles. The molecule has 0 N–H and O–H groups in total. The van der Waals surface area contributed by atoms with Gasteiger partial charge in [0.25, 0.3) is 0 Å². The fourth-order valence-electron chi connectivity index (χ4n) is 3.33. The summed E-state index contributed by atoms with van der Waals surface area (Å²) in [6.45, 7) is 4.52. The normalized spacial score (nSPS) is 24.2. The number of likely N-dealkylation sites (tertiary alicyclic amines) is 1. The summed E-state index contributed by atoms with van der Waals surface area (Å²) >= 11 is 0. The number of hydrogen-bond acceptors (Lipinski definition) is 3. The molecule has 1 fully saturated rings. The van der Waals surface area contributed by atoms with Crippen molar-refractivity contribution in [2.75, 3.05) is 13.2 Å². The van der Waals surface area contributed by atoms with Gasteiger partial charge in [-0.25, -0.2) is 4.39 Å². The van der Waals surface area contributed by atoms with Crippen LogP contribution in [0.5, 0.6) is 5.75 Å². The first-order valence-electron chi connectivity index (χ1n) is 7.86. The predicted octanol–water partition coefficient (Wildman–Crippen LogP) is 2.94. The van der Waals surface area contributed by atoms with E-state index in [1.165, 1.54) is 40.3 Å². The standard InChI is InChI=1S/C18H20FNO3/c1-11-9-15-16(10-12(11)2)18(22)20(17(15)21)7-8-23-14-5-3-13(19)4-6-14/h3-6,15-16H,7-10H2,1-2H3. The zero-order valence-corrected chi connectivity index (χ0v) is 13.3. The summed E-state index contributed by atoms with van der Waals surface area (Å²) in [5.74, 6) is -0.404. The lowest BCUT2D eigenvalue weighted by Gasteiger charge is -2.23. The van der Waals surface area contributed by atoms with Crippen molar-refractivity contribution in [2.45, 2.75) is 26.7 Å². The first-order chi connectivity index (χ1) is 11.0. The highest BCUT2D eigenvalue weighted by molar-refractivity contribution is 6.05. The van der Waals surface area contributed by atoms with Crippen LogP contribution in [0.25, 0.3) is 0 Å². The molecule has 3 rings (SSSR count). The summed E-state index contributed by atoms with van der Waals surface area (Å²) in [5, 5.41) is 0. The zero-order chi connectivity index (χ0) is 16.6. The van der Waals surface area contributed by atoms with Crippen molar-refractivity contribution in [2.24, 2.45) is 11.8 Å². The second-order valence-corrected chi connectivity index (χ2v) is 6.31. The van der Waals surface area contributed by atoms with Gasteiger partial charge in [0.15, 0.2) is 0 Å². The van der Waals surface area contributed by atoms with Crippen molar-refractivity contribution in [3.05, 3.63) is 41.2 Å². The van der Waals surface area contributed by atoms with Gasteiger partial charge in [-0.15, -0.1) is 0 Å². The van der Waals surface area contributed by atoms with Crippen LogP contribution in [-0.4, -0.2) is 29.9 Å². The molecule has 0 radical (unpaired) electrons. The van der Waals surface area contributed by atoms with Crippen LogP contribution in [0.3, 0.4) is 0 Å². The Bertz CT molecular complexity index is 633. The molecule has 1 aromatic carbocycles. The number of rotatable bonds is 4. The van der Waals surface area contributed by atoms with Crippen LogP contribution in [0.2, 0.25) is 0 Å². The minimum Gasteiger partial charge on any atom is -0.492 e. The van der Waals surface area contributed by atoms with Gasteiger partial charge in [-0.2, -0.15) is 0 Å². The van der Waals surface area contributed by atoms with E-state index >= 15 is 0 Å². The van der Waals surface area contributed by atoms with Gasteiger partial charge in [-0.1, -0.05) is 11.1 Å². The first kappa shape index (κ1) is 15.7. The Hall–Kier alpha value is -2.17. The maximum absolute atomic E-state index is 12.8. The lowest BCUT2D eigenvalue weighted by atomic mass is 9.78. The van der Waals surface area contributed by atoms with Crippen LogP contribution in [0.4, 0.5) is 4.39 Å². The molecule has 0 spiro atoms. The third-order valence-corrected chi connectivity index (χ3v) is 4.83. The summed E-state index contributed by atoms with van der Waals surface area (Å²) < 4.78 is 18.3. The number of allylic oxidation sites excluding steroid dienone is 2. The Morgan fingerprint density at radius 1 is 1.04 bits per heavy atom. The van der Waals surface area contributed by atoms with Gasteiger partial charge in [0.1, 0.15) is 18.2 Å². The molecule has 2 atom stereocenters. The average Bonchev–Trinajstić information content (AvgIpc) is 2.75. The first-order valence-corrected chi connectivity index (χ1v) is 7.86. The summed E-state index contributed by atoms with van der Waals surface area (Å²) in [7, 11) is 0. The number of imide groups is 1. The van der Waals surface area contributed by atoms with E-state index in [-0.39, 0.29) is 42.6 Å². The molecule has 2 amide bonds. The molecule has 4 nitrogen and oxygen atoms in total. The minimum atomic E-state index is -0.329. The summed E-state index contributed by atoms with van der Waals surface area (Å²) in [6.07, 6.45) is 1.35. The molecule has 5 heteroatoms. The van der Waals surface area contributed by atoms with Crippen LogP contribution in [0.15, 0.2) is 35.4 Å². The van der Waals surface area contributed by atoms with Crippen molar-refractivity contribution in [1.82, 2.24) is 4.90 Å². The molecule has 1 saturated heterocycles. The summed E-state index contributed by atoms with van der Waals surface area (Å²) in [6, 6.07) is 5.68. The third kappa shape index (κ3) is 3.00. The van der Waals surface area contributed by atoms with Gasteiger partial charge < -0.3 is 4.74 Å². The van der Waals surface area contributed by atoms with Gasteiger partial charge in [0.05, 0.1) is 18.4 Å². The van der Waals surface area contributed by atoms with Crippen LogP contribution in [0.1, 0.15) is 26.7 Å². The van der Waals surface area contributed by atoms with Crippen molar-refractivity contribution >= 4 is 11.8 Å². The van der Waals surface area contributed by atoms with Gasteiger partial charge >= 0.3 is 0 Å². The number of carbonyl (C=O) groups excluding carboxylic acids is 2. The molecule has 122 valence electrons. The highest BCUT2D eigenvalue weighted by Crippen LogP contribution is 2.40. The van der Waals surface area contributed by atoms with Crippen molar-refractivity contribution in [1.29, 1.82) is 0 Å². The molecule has 23 heavy (non-hydrogen) atoms. The Morgan fingerprint density at radius 2 is 1.57 bits per heavy atom. The van der Waals surface area contributed by atoms with E-state index in [0.717, 1.165) is 0 Å². The molecule has 0 saturated carbocycles. The molecule has 1 aliphatic heterocycles. The third-order valence-electron chi connectivity index (χ3n) is 4.83. The topological polar surface area (TPSA) is 46.6 Å². The quantitative estimate of drug-likeness (QED) is 0.633. The maximum Gasteiger partial charge on any atom is 0.233 e. The zero-order valence-electron chi connectivity index (χ0n) is 13.3. The van der Waals surface area contributed by atoms with Crippen LogP contribution in [-0.2, 0) is 9.59 Å². The Morgan fingerprint density at radius 3 is 2.09 bits per heavy atom. The number of ether oxygens (including phenoxy) is 1. The monoisotopic (exact) mass is 317 g/mol. The Labute approximate surface area is 134 Å². The van der Waals surface area contributed by atoms with Gasteiger partial charge in [0.2, 0.25) is 11.8 Å². The minimum absolute atomic E-state index is 0.0884. The largest absolute Gasteiger partial charge is 0.492 e. The van der Waals surface area contributed by atoms with E-state index < -0.39 is 0 Å². The van der Waals surface area contributed by atoms with E-state index in [1.807, 2.05) is 13.8 Å². The van der Waals surface area contributed by atoms with Crippen molar-refractivity contribution in [3.8, 4) is 5.75 Å². The molecule has 0 aromatic heterocycles. The molecular weight excluding hydrogens is 297 g/mol. The lowest BCUT2D eigenvalue weighted by Crippen LogP contribution is -2.34. The van der Waals surface area contributed by atoms with Crippen molar-refractivity contribution < 1.29 is 18.7 Å². The summed E-state index contributed by atoms with van der Waals surface area (Å²) in [4.78, 5) is 26.3. The number of carbonyl (C=O) groups is 2. The average molecular weight is 317 g/mol. The molecule has 2 unspecified atom stereocenters. The number of nitrogens with zero attached hydrogens (tertiary/aromatic N) is 1. The van der Waals surface area contributed by atoms with E-state index in [1.54, 1.807) is 0 Å². The Kier molecular flexibility index (Phi) is 4.20. The van der Waals surface area contributed by atoms with E-state index in [0.29, 0.717) is 18.6 Å². The number of halogens is 1. The van der Waals surface area contributed by atoms with E-state index in [4.69, 9.17) is 4.74 Å². The van der Waals surface area contributed by atoms with Crippen LogP contribution >= 0.6 is 0 Å². The predicted molar refractivity (Wildman–Crippen MR) is 83.2 cm³/mol. The summed E-state index contributed by atoms with van der Waals surface area (Å²) in [5.41, 5.74) is 2.44. The molecule has 1 aromatic rings. The van der Waals surface area contributed by atoms with Gasteiger partial charge in [-0.05, 0) is 51.0 Å². The number of benzene rings is 1. The smallest absolute Gasteiger partial charge is 0.233 e. The second kappa shape index (κ2) is 6.14. The molecule has 1 aliphatic carbocycles. The van der Waals surface area contributed by atoms with Gasteiger partial charge in [0, 0.05) is 0 Å². The molecule has 2 aliphatic rings. The number of amides is 2. The molecular formula is C18H20FNO3. The number of fused-ring (bicyclic) bond motifs is 1. The Balaban J connectivity index is 1.60. The van der Waals surface area contributed by atoms with Gasteiger partial charge in [-0.3, -0.25) is 14.5 Å². The van der Waals surface area contributed by atoms with Crippen LogP contribution < -0.4 is 4.74 Å². The highest BCUT2D eigenvalue weighted by Gasteiger charge is 2.48. The van der Waals surface area contributed by atoms with Crippen LogP contribution in [0, 0.1) is 17.7 Å². The fourth-order valence-corrected chi connectivity index (χ4v) is 3.33. The molecule has 0 bridgehead atoms. The maximum atomic E-state index is 12.8. The second-order valence-electron chi connectivity index (χ2n) is 6.31. The van der Waals surface area contributed by atoms with E-state index in [9.17, 15) is 14.0 Å². The highest BCUT2D eigenvalue weighted by atomic mass is 19.1. The SMILES string of the molecule is CC1=C(C)CC2C(=O)N(CCOc3ccc(F)cc3)C(=O)C2C1. The fraction of sp³-hybridized carbons (Fsp3) is 0.444. The van der Waals surface area contributed by atoms with E-state index in [2.05, 4.69) is 0 Å².